The molecular weight excluding hydrogens is 150 g/mol. The smallest absolute Gasteiger partial charge is 0.139 e. The molecule has 0 aromatic carbocycles. The van der Waals surface area contributed by atoms with Gasteiger partial charge in [-0.05, 0) is 25.2 Å². The number of carbonyl (C=O) groups excluding carboxylic acids is 1. The first kappa shape index (κ1) is 8.24. The molecule has 68 valence electrons. The molecule has 2 fully saturated rings. The van der Waals surface area contributed by atoms with Crippen molar-refractivity contribution in [2.75, 3.05) is 0 Å². The van der Waals surface area contributed by atoms with Gasteiger partial charge >= 0.3 is 0 Å². The van der Waals surface area contributed by atoms with Crippen LogP contribution in [0.1, 0.15) is 39.0 Å². The van der Waals surface area contributed by atoms with Crippen LogP contribution in [0.3, 0.4) is 0 Å². The molecule has 0 saturated heterocycles. The van der Waals surface area contributed by atoms with Crippen molar-refractivity contribution in [2.24, 2.45) is 17.1 Å². The van der Waals surface area contributed by atoms with Gasteiger partial charge < -0.3 is 5.73 Å². The van der Waals surface area contributed by atoms with Gasteiger partial charge in [-0.3, -0.25) is 4.79 Å². The first-order valence-electron chi connectivity index (χ1n) is 4.93. The SMILES string of the molecule is C[C@]12CCCC(N)C1CCC2=O. The number of rotatable bonds is 0. The molecule has 2 aliphatic rings. The Balaban J connectivity index is 2.26. The number of fused-ring (bicyclic) bond motifs is 1. The lowest BCUT2D eigenvalue weighted by Gasteiger charge is -2.38. The molecule has 2 aliphatic carbocycles. The summed E-state index contributed by atoms with van der Waals surface area (Å²) in [6, 6.07) is 0.287. The summed E-state index contributed by atoms with van der Waals surface area (Å²) in [5, 5.41) is 0. The molecule has 2 unspecified atom stereocenters. The van der Waals surface area contributed by atoms with Gasteiger partial charge in [-0.2, -0.15) is 0 Å². The second-order valence-electron chi connectivity index (χ2n) is 4.54. The van der Waals surface area contributed by atoms with Crippen LogP contribution in [0.25, 0.3) is 0 Å². The van der Waals surface area contributed by atoms with Gasteiger partial charge in [-0.1, -0.05) is 13.3 Å². The Bertz CT molecular complexity index is 214. The van der Waals surface area contributed by atoms with E-state index in [0.29, 0.717) is 11.7 Å². The van der Waals surface area contributed by atoms with Crippen molar-refractivity contribution in [3.63, 3.8) is 0 Å². The lowest BCUT2D eigenvalue weighted by Crippen LogP contribution is -2.44. The van der Waals surface area contributed by atoms with E-state index in [0.717, 1.165) is 32.1 Å². The van der Waals surface area contributed by atoms with Gasteiger partial charge in [0, 0.05) is 17.9 Å². The summed E-state index contributed by atoms with van der Waals surface area (Å²) in [4.78, 5) is 11.6. The average Bonchev–Trinajstić information content (AvgIpc) is 2.30. The van der Waals surface area contributed by atoms with Crippen molar-refractivity contribution >= 4 is 5.78 Å². The summed E-state index contributed by atoms with van der Waals surface area (Å²) in [6.45, 7) is 2.12. The highest BCUT2D eigenvalue weighted by Crippen LogP contribution is 2.48. The first-order valence-corrected chi connectivity index (χ1v) is 4.93. The van der Waals surface area contributed by atoms with Gasteiger partial charge in [0.1, 0.15) is 5.78 Å². The molecule has 0 aromatic heterocycles. The summed E-state index contributed by atoms with van der Waals surface area (Å²) in [5.74, 6) is 0.946. The van der Waals surface area contributed by atoms with Crippen LogP contribution in [0.2, 0.25) is 0 Å². The molecule has 0 radical (unpaired) electrons. The molecule has 2 nitrogen and oxygen atoms in total. The zero-order valence-corrected chi connectivity index (χ0v) is 7.68. The van der Waals surface area contributed by atoms with Crippen molar-refractivity contribution in [3.05, 3.63) is 0 Å². The fourth-order valence-corrected chi connectivity index (χ4v) is 3.02. The van der Waals surface area contributed by atoms with Crippen LogP contribution in [0.4, 0.5) is 0 Å². The van der Waals surface area contributed by atoms with Gasteiger partial charge in [0.25, 0.3) is 0 Å². The van der Waals surface area contributed by atoms with Crippen LogP contribution < -0.4 is 5.73 Å². The largest absolute Gasteiger partial charge is 0.327 e. The van der Waals surface area contributed by atoms with E-state index in [1.54, 1.807) is 0 Å². The van der Waals surface area contributed by atoms with E-state index in [1.807, 2.05) is 0 Å². The highest BCUT2D eigenvalue weighted by atomic mass is 16.1. The second-order valence-corrected chi connectivity index (χ2v) is 4.54. The quantitative estimate of drug-likeness (QED) is 0.594. The van der Waals surface area contributed by atoms with Gasteiger partial charge in [0.05, 0.1) is 0 Å². The second kappa shape index (κ2) is 2.56. The van der Waals surface area contributed by atoms with Gasteiger partial charge in [0.2, 0.25) is 0 Å². The highest BCUT2D eigenvalue weighted by Gasteiger charge is 2.49. The first-order chi connectivity index (χ1) is 5.64. The summed E-state index contributed by atoms with van der Waals surface area (Å²) < 4.78 is 0. The lowest BCUT2D eigenvalue weighted by atomic mass is 9.67. The summed E-state index contributed by atoms with van der Waals surface area (Å²) in [7, 11) is 0. The lowest BCUT2D eigenvalue weighted by molar-refractivity contribution is -0.127. The fourth-order valence-electron chi connectivity index (χ4n) is 3.02. The van der Waals surface area contributed by atoms with Gasteiger partial charge in [-0.15, -0.1) is 0 Å². The zero-order chi connectivity index (χ0) is 8.77. The van der Waals surface area contributed by atoms with E-state index < -0.39 is 0 Å². The van der Waals surface area contributed by atoms with Crippen molar-refractivity contribution in [3.8, 4) is 0 Å². The normalized spacial score (nSPS) is 47.7. The van der Waals surface area contributed by atoms with Crippen LogP contribution in [0, 0.1) is 11.3 Å². The minimum atomic E-state index is -0.0440. The van der Waals surface area contributed by atoms with Crippen molar-refractivity contribution in [2.45, 2.75) is 45.1 Å². The molecule has 0 amide bonds. The minimum absolute atomic E-state index is 0.0440. The van der Waals surface area contributed by atoms with Crippen molar-refractivity contribution in [1.29, 1.82) is 0 Å². The van der Waals surface area contributed by atoms with E-state index in [-0.39, 0.29) is 11.5 Å². The van der Waals surface area contributed by atoms with E-state index in [9.17, 15) is 4.79 Å². The number of carbonyl (C=O) groups is 1. The predicted molar refractivity (Wildman–Crippen MR) is 47.7 cm³/mol. The maximum atomic E-state index is 11.6. The van der Waals surface area contributed by atoms with Crippen molar-refractivity contribution in [1.82, 2.24) is 0 Å². The zero-order valence-electron chi connectivity index (χ0n) is 7.68. The number of hydrogen-bond acceptors (Lipinski definition) is 2. The number of nitrogens with two attached hydrogens (primary N) is 1. The Kier molecular flexibility index (Phi) is 1.76. The Morgan fingerprint density at radius 2 is 2.25 bits per heavy atom. The molecule has 2 heteroatoms. The van der Waals surface area contributed by atoms with Crippen LogP contribution >= 0.6 is 0 Å². The molecule has 0 heterocycles. The van der Waals surface area contributed by atoms with Crippen LogP contribution in [-0.2, 0) is 4.79 Å². The Labute approximate surface area is 73.5 Å². The standard InChI is InChI=1S/C10H17NO/c1-10-6-2-3-8(11)7(10)4-5-9(10)12/h7-8H,2-6,11H2,1H3/t7?,8?,10-/m0/s1. The highest BCUT2D eigenvalue weighted by molar-refractivity contribution is 5.87. The Morgan fingerprint density at radius 1 is 1.50 bits per heavy atom. The summed E-state index contributed by atoms with van der Waals surface area (Å²) in [6.07, 6.45) is 5.14. The number of Topliss-reactive ketones (excluding diaryl/α,β-unsaturated/α-hetero) is 1. The Morgan fingerprint density at radius 3 is 2.92 bits per heavy atom. The van der Waals surface area contributed by atoms with E-state index in [1.165, 1.54) is 0 Å². The predicted octanol–water partition coefficient (Wildman–Crippen LogP) is 1.48. The number of ketones is 1. The molecule has 2 N–H and O–H groups in total. The third kappa shape index (κ3) is 0.939. The third-order valence-electron chi connectivity index (χ3n) is 3.89. The number of hydrogen-bond donors (Lipinski definition) is 1. The summed E-state index contributed by atoms with van der Waals surface area (Å²) in [5.41, 5.74) is 5.97. The average molecular weight is 167 g/mol. The molecule has 0 bridgehead atoms. The Hall–Kier alpha value is -0.370. The van der Waals surface area contributed by atoms with Crippen LogP contribution in [0.5, 0.6) is 0 Å². The molecule has 3 atom stereocenters. The molecule has 0 spiro atoms. The van der Waals surface area contributed by atoms with Crippen molar-refractivity contribution < 1.29 is 4.79 Å². The molecule has 2 saturated carbocycles. The maximum absolute atomic E-state index is 11.6. The maximum Gasteiger partial charge on any atom is 0.139 e. The molecular formula is C10H17NO. The topological polar surface area (TPSA) is 43.1 Å². The van der Waals surface area contributed by atoms with Gasteiger partial charge in [-0.25, -0.2) is 0 Å². The van der Waals surface area contributed by atoms with Crippen LogP contribution in [-0.4, -0.2) is 11.8 Å². The molecule has 12 heavy (non-hydrogen) atoms. The van der Waals surface area contributed by atoms with Gasteiger partial charge in [0.15, 0.2) is 0 Å². The third-order valence-corrected chi connectivity index (χ3v) is 3.89. The molecule has 0 aliphatic heterocycles. The van der Waals surface area contributed by atoms with E-state index in [4.69, 9.17) is 5.73 Å². The molecule has 0 aromatic rings. The van der Waals surface area contributed by atoms with E-state index >= 15 is 0 Å². The monoisotopic (exact) mass is 167 g/mol. The minimum Gasteiger partial charge on any atom is -0.327 e. The van der Waals surface area contributed by atoms with E-state index in [2.05, 4.69) is 6.92 Å². The summed E-state index contributed by atoms with van der Waals surface area (Å²) >= 11 is 0. The van der Waals surface area contributed by atoms with Crippen LogP contribution in [0.15, 0.2) is 0 Å². The molecule has 2 rings (SSSR count). The fraction of sp³-hybridized carbons (Fsp3) is 0.900.